The maximum Gasteiger partial charge on any atom is 0.166 e. The summed E-state index contributed by atoms with van der Waals surface area (Å²) in [6, 6.07) is 9.95. The molecule has 1 aliphatic carbocycles. The Morgan fingerprint density at radius 2 is 1.89 bits per heavy atom. The molecule has 1 aliphatic rings. The quantitative estimate of drug-likeness (QED) is 0.767. The van der Waals surface area contributed by atoms with Crippen molar-refractivity contribution in [2.24, 2.45) is 0 Å². The van der Waals surface area contributed by atoms with Gasteiger partial charge in [-0.25, -0.2) is 8.78 Å². The summed E-state index contributed by atoms with van der Waals surface area (Å²) in [7, 11) is 0. The SMILES string of the molecule is Nc1ccc2c(c1)CCC2=Cc1cccc(F)c1F. The van der Waals surface area contributed by atoms with Gasteiger partial charge in [-0.2, -0.15) is 0 Å². The third kappa shape index (κ3) is 2.12. The molecule has 0 bridgehead atoms. The summed E-state index contributed by atoms with van der Waals surface area (Å²) in [5, 5.41) is 0. The molecule has 0 spiro atoms. The monoisotopic (exact) mass is 257 g/mol. The average Bonchev–Trinajstić information content (AvgIpc) is 2.77. The predicted octanol–water partition coefficient (Wildman–Crippen LogP) is 4.03. The number of hydrogen-bond acceptors (Lipinski definition) is 1. The van der Waals surface area contributed by atoms with E-state index in [9.17, 15) is 8.78 Å². The molecule has 0 saturated heterocycles. The Hall–Kier alpha value is -2.16. The first-order valence-corrected chi connectivity index (χ1v) is 6.18. The Balaban J connectivity index is 2.06. The van der Waals surface area contributed by atoms with Crippen LogP contribution in [0.4, 0.5) is 14.5 Å². The molecule has 0 fully saturated rings. The number of hydrogen-bond donors (Lipinski definition) is 1. The van der Waals surface area contributed by atoms with E-state index in [0.29, 0.717) is 5.56 Å². The molecule has 2 aromatic rings. The van der Waals surface area contributed by atoms with E-state index in [2.05, 4.69) is 0 Å². The fourth-order valence-electron chi connectivity index (χ4n) is 2.51. The van der Waals surface area contributed by atoms with E-state index < -0.39 is 11.6 Å². The number of rotatable bonds is 1. The summed E-state index contributed by atoms with van der Waals surface area (Å²) in [6.07, 6.45) is 3.44. The molecule has 0 saturated carbocycles. The van der Waals surface area contributed by atoms with Gasteiger partial charge in [-0.1, -0.05) is 18.2 Å². The van der Waals surface area contributed by atoms with Crippen LogP contribution in [0.25, 0.3) is 11.6 Å². The van der Waals surface area contributed by atoms with Gasteiger partial charge < -0.3 is 5.73 Å². The van der Waals surface area contributed by atoms with Gasteiger partial charge in [0.25, 0.3) is 0 Å². The van der Waals surface area contributed by atoms with Crippen molar-refractivity contribution in [2.75, 3.05) is 5.73 Å². The molecule has 0 heterocycles. The first-order valence-electron chi connectivity index (χ1n) is 6.18. The van der Waals surface area contributed by atoms with Crippen molar-refractivity contribution in [1.82, 2.24) is 0 Å². The number of nitrogen functional groups attached to an aromatic ring is 1. The molecule has 0 amide bonds. The first-order chi connectivity index (χ1) is 9.15. The Labute approximate surface area is 110 Å². The van der Waals surface area contributed by atoms with E-state index in [-0.39, 0.29) is 0 Å². The van der Waals surface area contributed by atoms with Crippen LogP contribution in [0.2, 0.25) is 0 Å². The highest BCUT2D eigenvalue weighted by atomic mass is 19.2. The van der Waals surface area contributed by atoms with Crippen molar-refractivity contribution in [1.29, 1.82) is 0 Å². The number of fused-ring (bicyclic) bond motifs is 1. The molecule has 0 aliphatic heterocycles. The maximum atomic E-state index is 13.7. The fraction of sp³-hybridized carbons (Fsp3) is 0.125. The number of nitrogens with two attached hydrogens (primary N) is 1. The molecular weight excluding hydrogens is 244 g/mol. The largest absolute Gasteiger partial charge is 0.399 e. The summed E-state index contributed by atoms with van der Waals surface area (Å²) in [5.74, 6) is -1.61. The number of anilines is 1. The molecule has 0 aromatic heterocycles. The zero-order chi connectivity index (χ0) is 13.4. The predicted molar refractivity (Wildman–Crippen MR) is 73.4 cm³/mol. The van der Waals surface area contributed by atoms with Gasteiger partial charge in [-0.05, 0) is 53.8 Å². The number of aryl methyl sites for hydroxylation is 1. The van der Waals surface area contributed by atoms with Gasteiger partial charge in [0.1, 0.15) is 0 Å². The number of halogens is 2. The lowest BCUT2D eigenvalue weighted by Gasteiger charge is -2.04. The van der Waals surface area contributed by atoms with Crippen LogP contribution in [0.1, 0.15) is 23.1 Å². The van der Waals surface area contributed by atoms with E-state index in [0.717, 1.165) is 35.7 Å². The van der Waals surface area contributed by atoms with Gasteiger partial charge in [0.05, 0.1) is 0 Å². The molecule has 3 heteroatoms. The lowest BCUT2D eigenvalue weighted by Crippen LogP contribution is -1.89. The topological polar surface area (TPSA) is 26.0 Å². The van der Waals surface area contributed by atoms with Crippen molar-refractivity contribution < 1.29 is 8.78 Å². The van der Waals surface area contributed by atoms with E-state index in [4.69, 9.17) is 5.73 Å². The van der Waals surface area contributed by atoms with Crippen LogP contribution in [-0.2, 0) is 6.42 Å². The van der Waals surface area contributed by atoms with Crippen LogP contribution in [0.3, 0.4) is 0 Å². The molecule has 96 valence electrons. The van der Waals surface area contributed by atoms with Crippen LogP contribution >= 0.6 is 0 Å². The molecule has 1 nitrogen and oxygen atoms in total. The molecule has 19 heavy (non-hydrogen) atoms. The van der Waals surface area contributed by atoms with Crippen LogP contribution in [0.15, 0.2) is 36.4 Å². The Morgan fingerprint density at radius 1 is 1.05 bits per heavy atom. The van der Waals surface area contributed by atoms with E-state index in [1.165, 1.54) is 11.6 Å². The van der Waals surface area contributed by atoms with Gasteiger partial charge in [-0.3, -0.25) is 0 Å². The van der Waals surface area contributed by atoms with Crippen LogP contribution in [0, 0.1) is 11.6 Å². The van der Waals surface area contributed by atoms with Crippen molar-refractivity contribution >= 4 is 17.3 Å². The van der Waals surface area contributed by atoms with Crippen molar-refractivity contribution in [3.8, 4) is 0 Å². The lowest BCUT2D eigenvalue weighted by molar-refractivity contribution is 0.507. The highest BCUT2D eigenvalue weighted by Crippen LogP contribution is 2.35. The van der Waals surface area contributed by atoms with E-state index in [1.807, 2.05) is 18.2 Å². The fourth-order valence-corrected chi connectivity index (χ4v) is 2.51. The summed E-state index contributed by atoms with van der Waals surface area (Å²) in [4.78, 5) is 0. The second-order valence-electron chi connectivity index (χ2n) is 4.73. The third-order valence-corrected chi connectivity index (χ3v) is 3.45. The average molecular weight is 257 g/mol. The normalized spacial score (nSPS) is 15.8. The van der Waals surface area contributed by atoms with Gasteiger partial charge in [0.2, 0.25) is 0 Å². The van der Waals surface area contributed by atoms with E-state index >= 15 is 0 Å². The van der Waals surface area contributed by atoms with Crippen LogP contribution in [-0.4, -0.2) is 0 Å². The zero-order valence-corrected chi connectivity index (χ0v) is 10.3. The second kappa shape index (κ2) is 4.50. The summed E-state index contributed by atoms with van der Waals surface area (Å²) < 4.78 is 26.8. The minimum atomic E-state index is -0.815. The smallest absolute Gasteiger partial charge is 0.166 e. The van der Waals surface area contributed by atoms with E-state index in [1.54, 1.807) is 12.1 Å². The number of benzene rings is 2. The maximum absolute atomic E-state index is 13.7. The first kappa shape index (κ1) is 11.9. The highest BCUT2D eigenvalue weighted by Gasteiger charge is 2.17. The number of allylic oxidation sites excluding steroid dienone is 1. The molecular formula is C16H13F2N. The van der Waals surface area contributed by atoms with Gasteiger partial charge in [-0.15, -0.1) is 0 Å². The molecule has 0 atom stereocenters. The highest BCUT2D eigenvalue weighted by molar-refractivity contribution is 5.86. The molecule has 2 N–H and O–H groups in total. The summed E-state index contributed by atoms with van der Waals surface area (Å²) in [5.41, 5.74) is 10.0. The second-order valence-corrected chi connectivity index (χ2v) is 4.73. The van der Waals surface area contributed by atoms with Crippen LogP contribution < -0.4 is 5.73 Å². The molecule has 0 unspecified atom stereocenters. The van der Waals surface area contributed by atoms with Gasteiger partial charge in [0.15, 0.2) is 11.6 Å². The Kier molecular flexibility index (Phi) is 2.82. The van der Waals surface area contributed by atoms with Gasteiger partial charge in [0, 0.05) is 11.3 Å². The molecule has 0 radical (unpaired) electrons. The van der Waals surface area contributed by atoms with Crippen molar-refractivity contribution in [3.63, 3.8) is 0 Å². The molecule has 2 aromatic carbocycles. The minimum Gasteiger partial charge on any atom is -0.399 e. The molecule has 3 rings (SSSR count). The minimum absolute atomic E-state index is 0.291. The standard InChI is InChI=1S/C16H13F2N/c17-15-3-1-2-12(16(15)18)8-10-4-5-11-9-13(19)6-7-14(10)11/h1-3,6-9H,4-5,19H2. The van der Waals surface area contributed by atoms with Crippen LogP contribution in [0.5, 0.6) is 0 Å². The third-order valence-electron chi connectivity index (χ3n) is 3.45. The Morgan fingerprint density at radius 3 is 2.74 bits per heavy atom. The zero-order valence-electron chi connectivity index (χ0n) is 10.3. The summed E-state index contributed by atoms with van der Waals surface area (Å²) >= 11 is 0. The van der Waals surface area contributed by atoms with Crippen molar-refractivity contribution in [2.45, 2.75) is 12.8 Å². The summed E-state index contributed by atoms with van der Waals surface area (Å²) in [6.45, 7) is 0. The Bertz CT molecular complexity index is 674. The van der Waals surface area contributed by atoms with Gasteiger partial charge >= 0.3 is 0 Å². The van der Waals surface area contributed by atoms with Crippen molar-refractivity contribution in [3.05, 3.63) is 64.7 Å². The lowest BCUT2D eigenvalue weighted by atomic mass is 10.0.